The van der Waals surface area contributed by atoms with Gasteiger partial charge in [-0.15, -0.1) is 0 Å². The van der Waals surface area contributed by atoms with Crippen LogP contribution in [0.25, 0.3) is 0 Å². The number of halogens is 1. The van der Waals surface area contributed by atoms with Gasteiger partial charge in [-0.1, -0.05) is 11.6 Å². The van der Waals surface area contributed by atoms with Gasteiger partial charge in [-0.25, -0.2) is 0 Å². The van der Waals surface area contributed by atoms with Crippen molar-refractivity contribution in [3.63, 3.8) is 0 Å². The van der Waals surface area contributed by atoms with E-state index in [9.17, 15) is 0 Å². The van der Waals surface area contributed by atoms with Gasteiger partial charge in [-0.3, -0.25) is 9.36 Å². The van der Waals surface area contributed by atoms with Crippen LogP contribution in [-0.4, -0.2) is 26.6 Å². The van der Waals surface area contributed by atoms with Crippen molar-refractivity contribution in [3.05, 3.63) is 34.4 Å². The molecule has 1 N–H and O–H groups in total. The highest BCUT2D eigenvalue weighted by Crippen LogP contribution is 2.28. The summed E-state index contributed by atoms with van der Waals surface area (Å²) in [7, 11) is 5.72. The first kappa shape index (κ1) is 12.1. The Balaban J connectivity index is 2.51. The molecular formula is C11H16ClN5. The van der Waals surface area contributed by atoms with Crippen LogP contribution in [-0.2, 0) is 14.1 Å². The molecule has 0 spiro atoms. The van der Waals surface area contributed by atoms with Crippen LogP contribution in [0.5, 0.6) is 0 Å². The van der Waals surface area contributed by atoms with Crippen LogP contribution in [0.15, 0.2) is 12.4 Å². The van der Waals surface area contributed by atoms with Crippen molar-refractivity contribution >= 4 is 11.6 Å². The minimum Gasteiger partial charge on any atom is -0.308 e. The third kappa shape index (κ3) is 1.96. The largest absolute Gasteiger partial charge is 0.308 e. The summed E-state index contributed by atoms with van der Waals surface area (Å²) in [6.07, 6.45) is 3.52. The van der Waals surface area contributed by atoms with Gasteiger partial charge in [0.1, 0.15) is 0 Å². The van der Waals surface area contributed by atoms with Crippen LogP contribution >= 0.6 is 11.6 Å². The summed E-state index contributed by atoms with van der Waals surface area (Å²) in [4.78, 5) is 0. The van der Waals surface area contributed by atoms with E-state index in [4.69, 9.17) is 11.6 Å². The first-order valence-electron chi connectivity index (χ1n) is 5.39. The standard InChI is InChI=1S/C11H16ClN5/c1-7-8(5-14-16(7)3)10(13-2)11-9(12)6-15-17(11)4/h5-6,10,13H,1-4H3. The average molecular weight is 254 g/mol. The summed E-state index contributed by atoms with van der Waals surface area (Å²) in [6, 6.07) is 0.00343. The lowest BCUT2D eigenvalue weighted by atomic mass is 10.1. The summed E-state index contributed by atoms with van der Waals surface area (Å²) in [5, 5.41) is 12.3. The summed E-state index contributed by atoms with van der Waals surface area (Å²) < 4.78 is 3.64. The van der Waals surface area contributed by atoms with Crippen molar-refractivity contribution < 1.29 is 0 Å². The van der Waals surface area contributed by atoms with Gasteiger partial charge in [0.15, 0.2) is 0 Å². The molecule has 5 nitrogen and oxygen atoms in total. The van der Waals surface area contributed by atoms with E-state index < -0.39 is 0 Å². The molecule has 0 aliphatic heterocycles. The molecule has 0 fully saturated rings. The number of nitrogens with zero attached hydrogens (tertiary/aromatic N) is 4. The van der Waals surface area contributed by atoms with E-state index >= 15 is 0 Å². The molecule has 2 heterocycles. The molecule has 0 aliphatic rings. The number of hydrogen-bond acceptors (Lipinski definition) is 3. The maximum absolute atomic E-state index is 6.18. The zero-order valence-electron chi connectivity index (χ0n) is 10.4. The molecule has 2 aromatic heterocycles. The Morgan fingerprint density at radius 1 is 1.24 bits per heavy atom. The van der Waals surface area contributed by atoms with Gasteiger partial charge in [0.05, 0.1) is 29.2 Å². The summed E-state index contributed by atoms with van der Waals surface area (Å²) in [5.74, 6) is 0. The number of aryl methyl sites for hydroxylation is 2. The minimum absolute atomic E-state index is 0.00343. The van der Waals surface area contributed by atoms with E-state index in [0.717, 1.165) is 17.0 Å². The van der Waals surface area contributed by atoms with Crippen molar-refractivity contribution in [2.45, 2.75) is 13.0 Å². The molecule has 0 bridgehead atoms. The third-order valence-electron chi connectivity index (χ3n) is 3.08. The quantitative estimate of drug-likeness (QED) is 0.900. The Kier molecular flexibility index (Phi) is 3.22. The predicted molar refractivity (Wildman–Crippen MR) is 67.1 cm³/mol. The molecule has 2 aromatic rings. The van der Waals surface area contributed by atoms with Crippen LogP contribution in [0.3, 0.4) is 0 Å². The lowest BCUT2D eigenvalue weighted by molar-refractivity contribution is 0.602. The molecule has 1 atom stereocenters. The average Bonchev–Trinajstić information content (AvgIpc) is 2.79. The van der Waals surface area contributed by atoms with E-state index in [-0.39, 0.29) is 6.04 Å². The highest BCUT2D eigenvalue weighted by molar-refractivity contribution is 6.31. The molecule has 0 amide bonds. The zero-order chi connectivity index (χ0) is 12.6. The topological polar surface area (TPSA) is 47.7 Å². The molecule has 92 valence electrons. The lowest BCUT2D eigenvalue weighted by Gasteiger charge is -2.17. The molecular weight excluding hydrogens is 238 g/mol. The first-order valence-corrected chi connectivity index (χ1v) is 5.77. The van der Waals surface area contributed by atoms with Crippen LogP contribution < -0.4 is 5.32 Å². The monoisotopic (exact) mass is 253 g/mol. The Labute approximate surface area is 105 Å². The molecule has 0 aliphatic carbocycles. The lowest BCUT2D eigenvalue weighted by Crippen LogP contribution is -2.21. The van der Waals surface area contributed by atoms with Crippen molar-refractivity contribution in [2.75, 3.05) is 7.05 Å². The second kappa shape index (κ2) is 4.50. The van der Waals surface area contributed by atoms with Gasteiger partial charge in [0.2, 0.25) is 0 Å². The van der Waals surface area contributed by atoms with Gasteiger partial charge in [0.25, 0.3) is 0 Å². The van der Waals surface area contributed by atoms with Crippen LogP contribution in [0.1, 0.15) is 23.0 Å². The maximum atomic E-state index is 6.18. The Hall–Kier alpha value is -1.33. The SMILES string of the molecule is CNC(c1cnn(C)c1C)c1c(Cl)cnn1C. The summed E-state index contributed by atoms with van der Waals surface area (Å²) >= 11 is 6.18. The van der Waals surface area contributed by atoms with Crippen molar-refractivity contribution in [3.8, 4) is 0 Å². The van der Waals surface area contributed by atoms with Crippen LogP contribution in [0.4, 0.5) is 0 Å². The molecule has 6 heteroatoms. The zero-order valence-corrected chi connectivity index (χ0v) is 11.2. The third-order valence-corrected chi connectivity index (χ3v) is 3.38. The first-order chi connectivity index (χ1) is 8.06. The van der Waals surface area contributed by atoms with Gasteiger partial charge in [0, 0.05) is 25.4 Å². The number of hydrogen-bond donors (Lipinski definition) is 1. The number of aromatic nitrogens is 4. The molecule has 0 saturated carbocycles. The van der Waals surface area contributed by atoms with Crippen LogP contribution in [0, 0.1) is 6.92 Å². The Bertz CT molecular complexity index is 508. The normalized spacial score (nSPS) is 13.0. The summed E-state index contributed by atoms with van der Waals surface area (Å²) in [6.45, 7) is 2.04. The van der Waals surface area contributed by atoms with Gasteiger partial charge >= 0.3 is 0 Å². The second-order valence-corrected chi connectivity index (χ2v) is 4.44. The van der Waals surface area contributed by atoms with Crippen molar-refractivity contribution in [1.82, 2.24) is 24.9 Å². The summed E-state index contributed by atoms with van der Waals surface area (Å²) in [5.41, 5.74) is 3.17. The van der Waals surface area contributed by atoms with Crippen molar-refractivity contribution in [2.24, 2.45) is 14.1 Å². The van der Waals surface area contributed by atoms with E-state index in [2.05, 4.69) is 15.5 Å². The maximum Gasteiger partial charge on any atom is 0.0837 e. The highest BCUT2D eigenvalue weighted by atomic mass is 35.5. The molecule has 0 saturated heterocycles. The van der Waals surface area contributed by atoms with Gasteiger partial charge in [-0.05, 0) is 14.0 Å². The highest BCUT2D eigenvalue weighted by Gasteiger charge is 2.22. The van der Waals surface area contributed by atoms with Gasteiger partial charge in [-0.2, -0.15) is 10.2 Å². The van der Waals surface area contributed by atoms with E-state index in [1.165, 1.54) is 0 Å². The van der Waals surface area contributed by atoms with E-state index in [1.807, 2.05) is 38.9 Å². The fourth-order valence-corrected chi connectivity index (χ4v) is 2.26. The van der Waals surface area contributed by atoms with Crippen LogP contribution in [0.2, 0.25) is 5.02 Å². The molecule has 1 unspecified atom stereocenters. The molecule has 0 radical (unpaired) electrons. The van der Waals surface area contributed by atoms with E-state index in [0.29, 0.717) is 5.02 Å². The van der Waals surface area contributed by atoms with E-state index in [1.54, 1.807) is 10.9 Å². The number of rotatable bonds is 3. The fourth-order valence-electron chi connectivity index (χ4n) is 1.98. The predicted octanol–water partition coefficient (Wildman–Crippen LogP) is 1.42. The molecule has 17 heavy (non-hydrogen) atoms. The Morgan fingerprint density at radius 2 is 1.88 bits per heavy atom. The number of nitrogens with one attached hydrogen (secondary N) is 1. The van der Waals surface area contributed by atoms with Crippen molar-refractivity contribution in [1.29, 1.82) is 0 Å². The minimum atomic E-state index is 0.00343. The second-order valence-electron chi connectivity index (χ2n) is 4.03. The van der Waals surface area contributed by atoms with Gasteiger partial charge < -0.3 is 5.32 Å². The fraction of sp³-hybridized carbons (Fsp3) is 0.455. The molecule has 0 aromatic carbocycles. The molecule has 2 rings (SSSR count). The smallest absolute Gasteiger partial charge is 0.0837 e. The Morgan fingerprint density at radius 3 is 2.29 bits per heavy atom.